The molecule has 0 aliphatic carbocycles. The molecule has 0 unspecified atom stereocenters. The number of aromatic carboxylic acids is 1. The molecule has 0 aliphatic rings. The van der Waals surface area contributed by atoms with E-state index >= 15 is 0 Å². The molecule has 21 heavy (non-hydrogen) atoms. The number of benzene rings is 2. The Kier molecular flexibility index (Phi) is 3.99. The summed E-state index contributed by atoms with van der Waals surface area (Å²) in [5.74, 6) is -1.01. The predicted octanol–water partition coefficient (Wildman–Crippen LogP) is 2.73. The Labute approximate surface area is 123 Å². The van der Waals surface area contributed by atoms with Crippen molar-refractivity contribution in [2.45, 2.75) is 6.92 Å². The van der Waals surface area contributed by atoms with Crippen LogP contribution in [0.1, 0.15) is 15.9 Å². The van der Waals surface area contributed by atoms with Gasteiger partial charge in [0.05, 0.1) is 11.8 Å². The van der Waals surface area contributed by atoms with Gasteiger partial charge in [-0.2, -0.15) is 0 Å². The van der Waals surface area contributed by atoms with E-state index in [0.29, 0.717) is 22.4 Å². The molecule has 110 valence electrons. The minimum Gasteiger partial charge on any atom is -0.478 e. The topological polar surface area (TPSA) is 83.5 Å². The highest BCUT2D eigenvalue weighted by Crippen LogP contribution is 2.28. The fourth-order valence-corrected chi connectivity index (χ4v) is 2.71. The van der Waals surface area contributed by atoms with E-state index in [0.717, 1.165) is 6.26 Å². The molecule has 2 rings (SSSR count). The third-order valence-electron chi connectivity index (χ3n) is 2.96. The van der Waals surface area contributed by atoms with Crippen LogP contribution >= 0.6 is 0 Å². The van der Waals surface area contributed by atoms with Crippen LogP contribution in [0.25, 0.3) is 11.1 Å². The van der Waals surface area contributed by atoms with Crippen molar-refractivity contribution in [2.24, 2.45) is 0 Å². The molecule has 0 spiro atoms. The lowest BCUT2D eigenvalue weighted by Crippen LogP contribution is -2.09. The molecule has 2 N–H and O–H groups in total. The monoisotopic (exact) mass is 305 g/mol. The van der Waals surface area contributed by atoms with Gasteiger partial charge in [0.25, 0.3) is 0 Å². The summed E-state index contributed by atoms with van der Waals surface area (Å²) < 4.78 is 24.9. The van der Waals surface area contributed by atoms with Gasteiger partial charge in [0, 0.05) is 5.69 Å². The minimum absolute atomic E-state index is 0.217. The van der Waals surface area contributed by atoms with E-state index in [-0.39, 0.29) is 5.56 Å². The fourth-order valence-electron chi connectivity index (χ4n) is 2.16. The minimum atomic E-state index is -3.38. The number of rotatable bonds is 4. The lowest BCUT2D eigenvalue weighted by Gasteiger charge is -2.11. The number of nitrogens with one attached hydrogen (secondary N) is 1. The second-order valence-electron chi connectivity index (χ2n) is 4.76. The van der Waals surface area contributed by atoms with Crippen molar-refractivity contribution < 1.29 is 18.3 Å². The Morgan fingerprint density at radius 3 is 2.43 bits per heavy atom. The van der Waals surface area contributed by atoms with Crippen LogP contribution in [0, 0.1) is 6.92 Å². The Hall–Kier alpha value is -2.34. The van der Waals surface area contributed by atoms with Crippen molar-refractivity contribution >= 4 is 21.7 Å². The smallest absolute Gasteiger partial charge is 0.336 e. The zero-order valence-corrected chi connectivity index (χ0v) is 12.4. The van der Waals surface area contributed by atoms with Crippen LogP contribution in [0.4, 0.5) is 5.69 Å². The lowest BCUT2D eigenvalue weighted by atomic mass is 9.96. The SMILES string of the molecule is Cc1cccc(-c2cccc(NS(C)(=O)=O)c2)c1C(=O)O. The van der Waals surface area contributed by atoms with Crippen molar-refractivity contribution in [3.8, 4) is 11.1 Å². The number of aryl methyl sites for hydroxylation is 1. The Balaban J connectivity index is 2.56. The largest absolute Gasteiger partial charge is 0.478 e. The zero-order valence-electron chi connectivity index (χ0n) is 11.6. The summed E-state index contributed by atoms with van der Waals surface area (Å²) in [6, 6.07) is 11.9. The maximum atomic E-state index is 11.4. The zero-order chi connectivity index (χ0) is 15.6. The normalized spacial score (nSPS) is 11.1. The van der Waals surface area contributed by atoms with Crippen LogP contribution in [0.3, 0.4) is 0 Å². The van der Waals surface area contributed by atoms with Crippen molar-refractivity contribution in [3.05, 3.63) is 53.6 Å². The van der Waals surface area contributed by atoms with E-state index in [1.807, 2.05) is 0 Å². The Morgan fingerprint density at radius 1 is 1.14 bits per heavy atom. The van der Waals surface area contributed by atoms with Gasteiger partial charge in [0.1, 0.15) is 0 Å². The van der Waals surface area contributed by atoms with Gasteiger partial charge in [0.2, 0.25) is 10.0 Å². The molecule has 0 atom stereocenters. The van der Waals surface area contributed by atoms with Gasteiger partial charge in [-0.1, -0.05) is 30.3 Å². The van der Waals surface area contributed by atoms with Crippen LogP contribution in [-0.4, -0.2) is 25.7 Å². The molecular formula is C15H15NO4S. The first-order valence-electron chi connectivity index (χ1n) is 6.19. The highest BCUT2D eigenvalue weighted by Gasteiger charge is 2.14. The van der Waals surface area contributed by atoms with E-state index < -0.39 is 16.0 Å². The van der Waals surface area contributed by atoms with Gasteiger partial charge in [-0.25, -0.2) is 13.2 Å². The van der Waals surface area contributed by atoms with E-state index in [2.05, 4.69) is 4.72 Å². The van der Waals surface area contributed by atoms with Gasteiger partial charge in [-0.15, -0.1) is 0 Å². The first-order valence-corrected chi connectivity index (χ1v) is 8.08. The van der Waals surface area contributed by atoms with Crippen molar-refractivity contribution in [2.75, 3.05) is 11.0 Å². The number of carboxylic acids is 1. The van der Waals surface area contributed by atoms with Gasteiger partial charge < -0.3 is 5.11 Å². The maximum Gasteiger partial charge on any atom is 0.336 e. The lowest BCUT2D eigenvalue weighted by molar-refractivity contribution is 0.0697. The summed E-state index contributed by atoms with van der Waals surface area (Å²) in [4.78, 5) is 11.4. The molecule has 0 amide bonds. The quantitative estimate of drug-likeness (QED) is 0.909. The number of sulfonamides is 1. The van der Waals surface area contributed by atoms with Crippen LogP contribution in [-0.2, 0) is 10.0 Å². The summed E-state index contributed by atoms with van der Waals surface area (Å²) in [7, 11) is -3.38. The molecule has 0 bridgehead atoms. The van der Waals surface area contributed by atoms with E-state index in [9.17, 15) is 18.3 Å². The van der Waals surface area contributed by atoms with Crippen molar-refractivity contribution in [3.63, 3.8) is 0 Å². The summed E-state index contributed by atoms with van der Waals surface area (Å²) >= 11 is 0. The van der Waals surface area contributed by atoms with E-state index in [1.54, 1.807) is 49.4 Å². The third kappa shape index (κ3) is 3.61. The molecule has 0 saturated carbocycles. The van der Waals surface area contributed by atoms with E-state index in [4.69, 9.17) is 0 Å². The van der Waals surface area contributed by atoms with Crippen LogP contribution < -0.4 is 4.72 Å². The van der Waals surface area contributed by atoms with Gasteiger partial charge in [0.15, 0.2) is 0 Å². The second-order valence-corrected chi connectivity index (χ2v) is 6.51. The number of hydrogen-bond donors (Lipinski definition) is 2. The number of carboxylic acid groups (broad SMARTS) is 1. The molecule has 0 aromatic heterocycles. The Morgan fingerprint density at radius 2 is 1.81 bits per heavy atom. The molecule has 2 aromatic carbocycles. The van der Waals surface area contributed by atoms with E-state index in [1.165, 1.54) is 0 Å². The summed E-state index contributed by atoms with van der Waals surface area (Å²) in [5, 5.41) is 9.35. The van der Waals surface area contributed by atoms with Crippen LogP contribution in [0.15, 0.2) is 42.5 Å². The van der Waals surface area contributed by atoms with Crippen LogP contribution in [0.2, 0.25) is 0 Å². The predicted molar refractivity (Wildman–Crippen MR) is 82.0 cm³/mol. The maximum absolute atomic E-state index is 11.4. The molecule has 0 aliphatic heterocycles. The fraction of sp³-hybridized carbons (Fsp3) is 0.133. The number of carbonyl (C=O) groups is 1. The molecule has 0 radical (unpaired) electrons. The summed E-state index contributed by atoms with van der Waals surface area (Å²) in [6.07, 6.45) is 1.06. The molecule has 0 heterocycles. The van der Waals surface area contributed by atoms with Gasteiger partial charge >= 0.3 is 5.97 Å². The number of hydrogen-bond acceptors (Lipinski definition) is 3. The Bertz CT molecular complexity index is 797. The first-order chi connectivity index (χ1) is 9.78. The standard InChI is InChI=1S/C15H15NO4S/c1-10-5-3-8-13(14(10)15(17)18)11-6-4-7-12(9-11)16-21(2,19)20/h3-9,16H,1-2H3,(H,17,18). The third-order valence-corrected chi connectivity index (χ3v) is 3.57. The number of anilines is 1. The highest BCUT2D eigenvalue weighted by molar-refractivity contribution is 7.92. The summed E-state index contributed by atoms with van der Waals surface area (Å²) in [5.41, 5.74) is 2.47. The first kappa shape index (κ1) is 15.1. The average molecular weight is 305 g/mol. The van der Waals surface area contributed by atoms with Gasteiger partial charge in [-0.05, 0) is 35.7 Å². The second kappa shape index (κ2) is 5.57. The molecule has 0 saturated heterocycles. The summed E-state index contributed by atoms with van der Waals surface area (Å²) in [6.45, 7) is 1.73. The highest BCUT2D eigenvalue weighted by atomic mass is 32.2. The average Bonchev–Trinajstić information content (AvgIpc) is 2.36. The molecular weight excluding hydrogens is 290 g/mol. The van der Waals surface area contributed by atoms with Gasteiger partial charge in [-0.3, -0.25) is 4.72 Å². The van der Waals surface area contributed by atoms with Crippen molar-refractivity contribution in [1.82, 2.24) is 0 Å². The van der Waals surface area contributed by atoms with Crippen LogP contribution in [0.5, 0.6) is 0 Å². The molecule has 0 fully saturated rings. The molecule has 2 aromatic rings. The van der Waals surface area contributed by atoms with Crippen molar-refractivity contribution in [1.29, 1.82) is 0 Å². The molecule has 5 nitrogen and oxygen atoms in total. The molecule has 6 heteroatoms.